The Hall–Kier alpha value is -1.87. The Morgan fingerprint density at radius 1 is 1.33 bits per heavy atom. The van der Waals surface area contributed by atoms with Crippen molar-refractivity contribution >= 4 is 11.3 Å². The molecule has 21 heavy (non-hydrogen) atoms. The van der Waals surface area contributed by atoms with Crippen LogP contribution in [0.4, 0.5) is 0 Å². The molecule has 0 fully saturated rings. The summed E-state index contributed by atoms with van der Waals surface area (Å²) in [5.74, 6) is 6.29. The van der Waals surface area contributed by atoms with E-state index in [1.165, 1.54) is 0 Å². The molecule has 0 saturated carbocycles. The van der Waals surface area contributed by atoms with Crippen molar-refractivity contribution in [2.45, 2.75) is 6.54 Å². The molecular weight excluding hydrogens is 284 g/mol. The van der Waals surface area contributed by atoms with Crippen LogP contribution in [0, 0.1) is 11.8 Å². The number of aromatic nitrogens is 1. The third kappa shape index (κ3) is 5.56. The zero-order valence-electron chi connectivity index (χ0n) is 12.0. The highest BCUT2D eigenvalue weighted by Gasteiger charge is 2.02. The molecule has 0 aliphatic rings. The predicted molar refractivity (Wildman–Crippen MR) is 84.3 cm³/mol. The number of thiazole rings is 1. The third-order valence-corrected chi connectivity index (χ3v) is 3.46. The van der Waals surface area contributed by atoms with Gasteiger partial charge >= 0.3 is 0 Å². The largest absolute Gasteiger partial charge is 0.492 e. The highest BCUT2D eigenvalue weighted by atomic mass is 32.1. The fraction of sp³-hybridized carbons (Fsp3) is 0.312. The van der Waals surface area contributed by atoms with Gasteiger partial charge in [0.25, 0.3) is 0 Å². The maximum absolute atomic E-state index is 8.64. The van der Waals surface area contributed by atoms with Gasteiger partial charge < -0.3 is 9.84 Å². The molecule has 0 radical (unpaired) electrons. The highest BCUT2D eigenvalue weighted by molar-refractivity contribution is 7.07. The Labute approximate surface area is 129 Å². The first-order valence-electron chi connectivity index (χ1n) is 6.66. The summed E-state index contributed by atoms with van der Waals surface area (Å²) < 4.78 is 5.70. The Balaban J connectivity index is 1.73. The van der Waals surface area contributed by atoms with E-state index in [-0.39, 0.29) is 6.61 Å². The molecule has 2 aromatic rings. The molecule has 1 heterocycles. The van der Waals surface area contributed by atoms with Gasteiger partial charge in [0.05, 0.1) is 11.2 Å². The number of benzene rings is 1. The van der Waals surface area contributed by atoms with Crippen LogP contribution in [-0.2, 0) is 6.54 Å². The van der Waals surface area contributed by atoms with Crippen LogP contribution in [0.15, 0.2) is 35.2 Å². The van der Waals surface area contributed by atoms with Gasteiger partial charge in [-0.25, -0.2) is 4.98 Å². The van der Waals surface area contributed by atoms with E-state index in [1.807, 2.05) is 29.8 Å². The molecule has 1 N–H and O–H groups in total. The van der Waals surface area contributed by atoms with Crippen LogP contribution < -0.4 is 4.74 Å². The lowest BCUT2D eigenvalue weighted by Crippen LogP contribution is -2.24. The van der Waals surface area contributed by atoms with Gasteiger partial charge in [-0.15, -0.1) is 11.3 Å². The first-order chi connectivity index (χ1) is 10.3. The summed E-state index contributed by atoms with van der Waals surface area (Å²) in [7, 11) is 2.05. The Bertz CT molecular complexity index is 585. The summed E-state index contributed by atoms with van der Waals surface area (Å²) in [6, 6.07) is 7.55. The van der Waals surface area contributed by atoms with Crippen LogP contribution in [0.25, 0.3) is 0 Å². The van der Waals surface area contributed by atoms with E-state index in [9.17, 15) is 0 Å². The Morgan fingerprint density at radius 2 is 2.14 bits per heavy atom. The van der Waals surface area contributed by atoms with Crippen LogP contribution >= 0.6 is 11.3 Å². The molecule has 0 saturated heterocycles. The SMILES string of the molecule is CN(CCOc1ccc(C#CCO)cc1)Cc1cscn1. The molecule has 0 spiro atoms. The molecule has 0 amide bonds. The van der Waals surface area contributed by atoms with Crippen molar-refractivity contribution in [2.75, 3.05) is 26.8 Å². The number of aliphatic hydroxyl groups excluding tert-OH is 1. The molecule has 0 aliphatic heterocycles. The second-order valence-corrected chi connectivity index (χ2v) is 5.27. The smallest absolute Gasteiger partial charge is 0.119 e. The molecule has 0 atom stereocenters. The summed E-state index contributed by atoms with van der Waals surface area (Å²) in [6.07, 6.45) is 0. The molecule has 4 nitrogen and oxygen atoms in total. The summed E-state index contributed by atoms with van der Waals surface area (Å²) >= 11 is 1.61. The van der Waals surface area contributed by atoms with Crippen molar-refractivity contribution in [1.29, 1.82) is 0 Å². The summed E-state index contributed by atoms with van der Waals surface area (Å²) in [5.41, 5.74) is 3.81. The molecule has 1 aromatic carbocycles. The normalized spacial score (nSPS) is 10.2. The average Bonchev–Trinajstić information content (AvgIpc) is 2.99. The van der Waals surface area contributed by atoms with Gasteiger partial charge in [0, 0.05) is 24.0 Å². The fourth-order valence-corrected chi connectivity index (χ4v) is 2.32. The van der Waals surface area contributed by atoms with Crippen LogP contribution in [0.3, 0.4) is 0 Å². The highest BCUT2D eigenvalue weighted by Crippen LogP contribution is 2.11. The van der Waals surface area contributed by atoms with Crippen molar-refractivity contribution in [3.8, 4) is 17.6 Å². The lowest BCUT2D eigenvalue weighted by molar-refractivity contribution is 0.231. The lowest BCUT2D eigenvalue weighted by Gasteiger charge is -2.15. The Morgan fingerprint density at radius 3 is 2.81 bits per heavy atom. The van der Waals surface area contributed by atoms with E-state index in [4.69, 9.17) is 9.84 Å². The molecule has 2 rings (SSSR count). The van der Waals surface area contributed by atoms with Gasteiger partial charge in [0.15, 0.2) is 0 Å². The molecule has 1 aromatic heterocycles. The molecule has 0 bridgehead atoms. The molecule has 5 heteroatoms. The monoisotopic (exact) mass is 302 g/mol. The van der Waals surface area contributed by atoms with E-state index >= 15 is 0 Å². The fourth-order valence-electron chi connectivity index (χ4n) is 1.77. The standard InChI is InChI=1S/C16H18N2O2S/c1-18(11-15-12-21-13-17-15)8-10-20-16-6-4-14(5-7-16)3-2-9-19/h4-7,12-13,19H,8-11H2,1H3. The van der Waals surface area contributed by atoms with Gasteiger partial charge in [-0.05, 0) is 31.3 Å². The number of nitrogens with zero attached hydrogens (tertiary/aromatic N) is 2. The molecule has 0 aliphatic carbocycles. The van der Waals surface area contributed by atoms with E-state index in [0.717, 1.165) is 30.1 Å². The van der Waals surface area contributed by atoms with E-state index in [2.05, 4.69) is 34.2 Å². The van der Waals surface area contributed by atoms with Crippen LogP contribution in [0.1, 0.15) is 11.3 Å². The average molecular weight is 302 g/mol. The predicted octanol–water partition coefficient (Wildman–Crippen LogP) is 2.00. The third-order valence-electron chi connectivity index (χ3n) is 2.82. The maximum Gasteiger partial charge on any atom is 0.119 e. The van der Waals surface area contributed by atoms with E-state index in [0.29, 0.717) is 6.61 Å². The second kappa shape index (κ2) is 8.42. The van der Waals surface area contributed by atoms with E-state index < -0.39 is 0 Å². The number of hydrogen-bond acceptors (Lipinski definition) is 5. The lowest BCUT2D eigenvalue weighted by atomic mass is 10.2. The summed E-state index contributed by atoms with van der Waals surface area (Å²) in [4.78, 5) is 6.44. The number of hydrogen-bond donors (Lipinski definition) is 1. The van der Waals surface area contributed by atoms with E-state index in [1.54, 1.807) is 11.3 Å². The van der Waals surface area contributed by atoms with Gasteiger partial charge in [-0.3, -0.25) is 4.90 Å². The number of likely N-dealkylation sites (N-methyl/N-ethyl adjacent to an activating group) is 1. The minimum Gasteiger partial charge on any atom is -0.492 e. The number of ether oxygens (including phenoxy) is 1. The van der Waals surface area contributed by atoms with Crippen LogP contribution in [-0.4, -0.2) is 41.8 Å². The number of aliphatic hydroxyl groups is 1. The first-order valence-corrected chi connectivity index (χ1v) is 7.60. The van der Waals surface area contributed by atoms with Crippen molar-refractivity contribution in [2.24, 2.45) is 0 Å². The molecule has 110 valence electrons. The summed E-state index contributed by atoms with van der Waals surface area (Å²) in [5, 5.41) is 10.7. The minimum absolute atomic E-state index is 0.121. The summed E-state index contributed by atoms with van der Waals surface area (Å²) in [6.45, 7) is 2.18. The van der Waals surface area contributed by atoms with Crippen molar-refractivity contribution < 1.29 is 9.84 Å². The van der Waals surface area contributed by atoms with Crippen molar-refractivity contribution in [1.82, 2.24) is 9.88 Å². The van der Waals surface area contributed by atoms with Crippen LogP contribution in [0.5, 0.6) is 5.75 Å². The van der Waals surface area contributed by atoms with Crippen molar-refractivity contribution in [3.05, 3.63) is 46.4 Å². The topological polar surface area (TPSA) is 45.6 Å². The van der Waals surface area contributed by atoms with Gasteiger partial charge in [0.1, 0.15) is 19.0 Å². The van der Waals surface area contributed by atoms with Crippen molar-refractivity contribution in [3.63, 3.8) is 0 Å². The quantitative estimate of drug-likeness (QED) is 0.829. The van der Waals surface area contributed by atoms with Crippen LogP contribution in [0.2, 0.25) is 0 Å². The van der Waals surface area contributed by atoms with Gasteiger partial charge in [0.2, 0.25) is 0 Å². The maximum atomic E-state index is 8.64. The Kier molecular flexibility index (Phi) is 6.22. The minimum atomic E-state index is -0.121. The zero-order chi connectivity index (χ0) is 14.9. The van der Waals surface area contributed by atoms with Gasteiger partial charge in [-0.2, -0.15) is 0 Å². The molecular formula is C16H18N2O2S. The molecule has 0 unspecified atom stereocenters. The zero-order valence-corrected chi connectivity index (χ0v) is 12.8. The number of rotatable bonds is 6. The first kappa shape index (κ1) is 15.5. The second-order valence-electron chi connectivity index (χ2n) is 4.55. The van der Waals surface area contributed by atoms with Gasteiger partial charge in [-0.1, -0.05) is 11.8 Å².